The zero-order valence-corrected chi connectivity index (χ0v) is 9.60. The fourth-order valence-corrected chi connectivity index (χ4v) is 1.61. The molecule has 1 heteroatoms. The van der Waals surface area contributed by atoms with Crippen LogP contribution in [0.5, 0.6) is 5.75 Å². The van der Waals surface area contributed by atoms with E-state index in [0.29, 0.717) is 0 Å². The van der Waals surface area contributed by atoms with Crippen molar-refractivity contribution in [2.45, 2.75) is 20.0 Å². The van der Waals surface area contributed by atoms with E-state index in [9.17, 15) is 0 Å². The normalized spacial score (nSPS) is 10.4. The molecule has 0 saturated heterocycles. The van der Waals surface area contributed by atoms with Gasteiger partial charge >= 0.3 is 0 Å². The molecular formula is C15H15O. The molecule has 0 aliphatic rings. The number of benzene rings is 2. The molecule has 0 spiro atoms. The van der Waals surface area contributed by atoms with E-state index in [-0.39, 0.29) is 6.10 Å². The molecule has 81 valence electrons. The number of para-hydroxylation sites is 1. The van der Waals surface area contributed by atoms with E-state index in [1.165, 1.54) is 0 Å². The highest BCUT2D eigenvalue weighted by Gasteiger charge is 2.06. The molecule has 2 rings (SSSR count). The minimum atomic E-state index is 0.185. The maximum absolute atomic E-state index is 5.78. The predicted octanol–water partition coefficient (Wildman–Crippen LogP) is 3.94. The predicted molar refractivity (Wildman–Crippen MR) is 66.5 cm³/mol. The van der Waals surface area contributed by atoms with Crippen LogP contribution in [0.2, 0.25) is 0 Å². The molecule has 0 aliphatic heterocycles. The minimum Gasteiger partial charge on any atom is -0.490 e. The molecule has 0 bridgehead atoms. The Morgan fingerprint density at radius 1 is 1.00 bits per heavy atom. The van der Waals surface area contributed by atoms with E-state index in [0.717, 1.165) is 16.9 Å². The van der Waals surface area contributed by atoms with Crippen molar-refractivity contribution in [1.29, 1.82) is 0 Å². The van der Waals surface area contributed by atoms with E-state index in [4.69, 9.17) is 4.74 Å². The summed E-state index contributed by atoms with van der Waals surface area (Å²) in [4.78, 5) is 0. The molecular weight excluding hydrogens is 196 g/mol. The summed E-state index contributed by atoms with van der Waals surface area (Å²) in [7, 11) is 0. The quantitative estimate of drug-likeness (QED) is 0.747. The lowest BCUT2D eigenvalue weighted by atomic mass is 10.0. The van der Waals surface area contributed by atoms with Crippen LogP contribution in [-0.2, 0) is 0 Å². The zero-order chi connectivity index (χ0) is 11.4. The lowest BCUT2D eigenvalue weighted by Crippen LogP contribution is -2.06. The Morgan fingerprint density at radius 2 is 1.75 bits per heavy atom. The van der Waals surface area contributed by atoms with Crippen molar-refractivity contribution < 1.29 is 4.74 Å². The topological polar surface area (TPSA) is 9.23 Å². The van der Waals surface area contributed by atoms with Crippen LogP contribution < -0.4 is 4.74 Å². The highest BCUT2D eigenvalue weighted by molar-refractivity contribution is 5.69. The molecule has 2 aromatic carbocycles. The lowest BCUT2D eigenvalue weighted by Gasteiger charge is -2.13. The first kappa shape index (κ1) is 10.7. The number of rotatable bonds is 3. The molecule has 0 amide bonds. The van der Waals surface area contributed by atoms with Gasteiger partial charge in [0.2, 0.25) is 0 Å². The maximum atomic E-state index is 5.78. The third-order valence-corrected chi connectivity index (χ3v) is 2.25. The second-order valence-electron chi connectivity index (χ2n) is 3.94. The third-order valence-electron chi connectivity index (χ3n) is 2.25. The molecule has 0 heterocycles. The first-order chi connectivity index (χ1) is 7.77. The Labute approximate surface area is 96.7 Å². The smallest absolute Gasteiger partial charge is 0.127 e. The van der Waals surface area contributed by atoms with Crippen LogP contribution in [0.3, 0.4) is 0 Å². The Balaban J connectivity index is 2.41. The van der Waals surface area contributed by atoms with Gasteiger partial charge < -0.3 is 4.74 Å². The van der Waals surface area contributed by atoms with Crippen molar-refractivity contribution in [3.05, 3.63) is 54.6 Å². The van der Waals surface area contributed by atoms with Gasteiger partial charge in [0.15, 0.2) is 0 Å². The Morgan fingerprint density at radius 3 is 2.44 bits per heavy atom. The van der Waals surface area contributed by atoms with Gasteiger partial charge in [-0.3, -0.25) is 0 Å². The minimum absolute atomic E-state index is 0.185. The molecule has 0 fully saturated rings. The standard InChI is InChI=1S/C15H15O/c1-12(2)16-15-11-7-6-10-14(15)13-8-4-3-5-9-13/h3-8,10-12H,1-2H3. The fraction of sp³-hybridized carbons (Fsp3) is 0.200. The maximum Gasteiger partial charge on any atom is 0.127 e. The lowest BCUT2D eigenvalue weighted by molar-refractivity contribution is 0.243. The summed E-state index contributed by atoms with van der Waals surface area (Å²) >= 11 is 0. The Kier molecular flexibility index (Phi) is 3.25. The summed E-state index contributed by atoms with van der Waals surface area (Å²) in [6.45, 7) is 4.07. The first-order valence-electron chi connectivity index (χ1n) is 5.50. The average Bonchev–Trinajstić information content (AvgIpc) is 2.30. The number of hydrogen-bond acceptors (Lipinski definition) is 1. The Hall–Kier alpha value is -1.76. The van der Waals surface area contributed by atoms with Crippen LogP contribution in [0.25, 0.3) is 11.1 Å². The molecule has 16 heavy (non-hydrogen) atoms. The fourth-order valence-electron chi connectivity index (χ4n) is 1.61. The van der Waals surface area contributed by atoms with E-state index in [2.05, 4.69) is 12.1 Å². The van der Waals surface area contributed by atoms with Gasteiger partial charge in [-0.2, -0.15) is 0 Å². The first-order valence-corrected chi connectivity index (χ1v) is 5.50. The van der Waals surface area contributed by atoms with E-state index < -0.39 is 0 Å². The largest absolute Gasteiger partial charge is 0.490 e. The molecule has 0 N–H and O–H groups in total. The molecule has 0 unspecified atom stereocenters. The molecule has 2 aromatic rings. The second kappa shape index (κ2) is 4.84. The highest BCUT2D eigenvalue weighted by atomic mass is 16.5. The number of hydrogen-bond donors (Lipinski definition) is 0. The summed E-state index contributed by atoms with van der Waals surface area (Å²) < 4.78 is 5.78. The van der Waals surface area contributed by atoms with Crippen molar-refractivity contribution in [3.63, 3.8) is 0 Å². The van der Waals surface area contributed by atoms with Gasteiger partial charge in [-0.15, -0.1) is 0 Å². The average molecular weight is 211 g/mol. The van der Waals surface area contributed by atoms with E-state index >= 15 is 0 Å². The van der Waals surface area contributed by atoms with Crippen molar-refractivity contribution in [1.82, 2.24) is 0 Å². The van der Waals surface area contributed by atoms with Crippen LogP contribution in [-0.4, -0.2) is 6.10 Å². The van der Waals surface area contributed by atoms with Gasteiger partial charge in [0.25, 0.3) is 0 Å². The van der Waals surface area contributed by atoms with Crippen molar-refractivity contribution in [3.8, 4) is 16.9 Å². The highest BCUT2D eigenvalue weighted by Crippen LogP contribution is 2.29. The van der Waals surface area contributed by atoms with Crippen LogP contribution in [0, 0.1) is 6.07 Å². The monoisotopic (exact) mass is 211 g/mol. The third kappa shape index (κ3) is 2.43. The Bertz CT molecular complexity index is 446. The zero-order valence-electron chi connectivity index (χ0n) is 9.60. The molecule has 0 atom stereocenters. The second-order valence-corrected chi connectivity index (χ2v) is 3.94. The van der Waals surface area contributed by atoms with Crippen LogP contribution in [0.4, 0.5) is 0 Å². The molecule has 1 radical (unpaired) electrons. The van der Waals surface area contributed by atoms with Crippen molar-refractivity contribution >= 4 is 0 Å². The van der Waals surface area contributed by atoms with Gasteiger partial charge in [0, 0.05) is 5.56 Å². The van der Waals surface area contributed by atoms with E-state index in [1.54, 1.807) is 0 Å². The van der Waals surface area contributed by atoms with Gasteiger partial charge in [0.05, 0.1) is 6.10 Å². The van der Waals surface area contributed by atoms with Crippen LogP contribution in [0.15, 0.2) is 48.5 Å². The molecule has 0 aromatic heterocycles. The summed E-state index contributed by atoms with van der Waals surface area (Å²) in [6.07, 6.45) is 0.185. The molecule has 1 nitrogen and oxygen atoms in total. The summed E-state index contributed by atoms with van der Waals surface area (Å²) in [5.74, 6) is 0.917. The summed E-state index contributed by atoms with van der Waals surface area (Å²) in [5.41, 5.74) is 2.16. The van der Waals surface area contributed by atoms with Crippen LogP contribution >= 0.6 is 0 Å². The molecule has 0 saturated carbocycles. The molecule has 0 aliphatic carbocycles. The van der Waals surface area contributed by atoms with Gasteiger partial charge in [0.1, 0.15) is 5.75 Å². The van der Waals surface area contributed by atoms with Gasteiger partial charge in [-0.05, 0) is 31.5 Å². The number of ether oxygens (including phenoxy) is 1. The van der Waals surface area contributed by atoms with Crippen molar-refractivity contribution in [2.75, 3.05) is 0 Å². The van der Waals surface area contributed by atoms with Crippen LogP contribution in [0.1, 0.15) is 13.8 Å². The van der Waals surface area contributed by atoms with E-state index in [1.807, 2.05) is 56.3 Å². The van der Waals surface area contributed by atoms with Gasteiger partial charge in [-0.1, -0.05) is 42.5 Å². The SMILES string of the molecule is CC(C)Oc1ccccc1-c1[c]cccc1. The van der Waals surface area contributed by atoms with Gasteiger partial charge in [-0.25, -0.2) is 0 Å². The van der Waals surface area contributed by atoms with Crippen molar-refractivity contribution in [2.24, 2.45) is 0 Å². The summed E-state index contributed by atoms with van der Waals surface area (Å²) in [6, 6.07) is 19.2. The summed E-state index contributed by atoms with van der Waals surface area (Å²) in [5, 5.41) is 0.